The van der Waals surface area contributed by atoms with Gasteiger partial charge in [-0.1, -0.05) is 18.5 Å². The lowest BCUT2D eigenvalue weighted by atomic mass is 9.90. The molecule has 1 aliphatic rings. The average molecular weight is 427 g/mol. The minimum atomic E-state index is -3.48. The van der Waals surface area contributed by atoms with Crippen molar-refractivity contribution in [2.24, 2.45) is 5.92 Å². The summed E-state index contributed by atoms with van der Waals surface area (Å²) in [5.41, 5.74) is 5.83. The maximum atomic E-state index is 12.3. The molecule has 0 saturated heterocycles. The summed E-state index contributed by atoms with van der Waals surface area (Å²) in [6.45, 7) is 2.19. The number of nitrogens with one attached hydrogen (secondary N) is 2. The van der Waals surface area contributed by atoms with Crippen LogP contribution >= 0.6 is 22.9 Å². The van der Waals surface area contributed by atoms with Gasteiger partial charge in [-0.15, -0.1) is 11.3 Å². The highest BCUT2D eigenvalue weighted by Gasteiger charge is 2.21. The Kier molecular flexibility index (Phi) is 5.60. The minimum Gasteiger partial charge on any atom is -0.267 e. The molecule has 1 atom stereocenters. The predicted molar refractivity (Wildman–Crippen MR) is 105 cm³/mol. The highest BCUT2D eigenvalue weighted by molar-refractivity contribution is 7.90. The monoisotopic (exact) mass is 426 g/mol. The second-order valence-electron chi connectivity index (χ2n) is 6.73. The molecular weight excluding hydrogens is 408 g/mol. The molecule has 0 fully saturated rings. The largest absolute Gasteiger partial charge is 0.279 e. The molecule has 1 aliphatic carbocycles. The van der Waals surface area contributed by atoms with Crippen LogP contribution in [-0.2, 0) is 22.7 Å². The van der Waals surface area contributed by atoms with Gasteiger partial charge in [-0.25, -0.2) is 8.42 Å². The number of benzene rings is 1. The van der Waals surface area contributed by atoms with Crippen LogP contribution < -0.4 is 10.9 Å². The number of carbonyl (C=O) groups is 2. The van der Waals surface area contributed by atoms with E-state index in [0.717, 1.165) is 25.5 Å². The third-order valence-electron chi connectivity index (χ3n) is 4.45. The molecule has 0 aliphatic heterocycles. The predicted octanol–water partition coefficient (Wildman–Crippen LogP) is 3.00. The first-order chi connectivity index (χ1) is 12.6. The van der Waals surface area contributed by atoms with Crippen LogP contribution in [0.25, 0.3) is 0 Å². The second kappa shape index (κ2) is 7.61. The van der Waals surface area contributed by atoms with Gasteiger partial charge in [0.25, 0.3) is 11.8 Å². The number of rotatable bonds is 3. The van der Waals surface area contributed by atoms with Crippen LogP contribution in [0.1, 0.15) is 43.8 Å². The first-order valence-electron chi connectivity index (χ1n) is 8.37. The molecule has 27 heavy (non-hydrogen) atoms. The number of fused-ring (bicyclic) bond motifs is 1. The maximum absolute atomic E-state index is 12.3. The lowest BCUT2D eigenvalue weighted by molar-refractivity contribution is 0.0849. The molecule has 9 heteroatoms. The Morgan fingerprint density at radius 1 is 1.19 bits per heavy atom. The smallest absolute Gasteiger partial charge is 0.267 e. The van der Waals surface area contributed by atoms with Gasteiger partial charge in [0.15, 0.2) is 9.84 Å². The van der Waals surface area contributed by atoms with E-state index < -0.39 is 21.7 Å². The third kappa shape index (κ3) is 4.51. The summed E-state index contributed by atoms with van der Waals surface area (Å²) < 4.78 is 23.3. The van der Waals surface area contributed by atoms with Gasteiger partial charge < -0.3 is 0 Å². The van der Waals surface area contributed by atoms with E-state index in [-0.39, 0.29) is 15.5 Å². The van der Waals surface area contributed by atoms with Crippen LogP contribution in [0.4, 0.5) is 0 Å². The van der Waals surface area contributed by atoms with Gasteiger partial charge >= 0.3 is 0 Å². The van der Waals surface area contributed by atoms with Gasteiger partial charge in [-0.2, -0.15) is 0 Å². The second-order valence-corrected chi connectivity index (χ2v) is 10.3. The van der Waals surface area contributed by atoms with Crippen molar-refractivity contribution in [2.45, 2.75) is 31.1 Å². The quantitative estimate of drug-likeness (QED) is 0.738. The number of amides is 2. The fourth-order valence-electron chi connectivity index (χ4n) is 2.97. The summed E-state index contributed by atoms with van der Waals surface area (Å²) in [7, 11) is -3.48. The van der Waals surface area contributed by atoms with E-state index in [0.29, 0.717) is 10.8 Å². The summed E-state index contributed by atoms with van der Waals surface area (Å²) in [4.78, 5) is 26.4. The van der Waals surface area contributed by atoms with E-state index in [1.54, 1.807) is 0 Å². The summed E-state index contributed by atoms with van der Waals surface area (Å²) >= 11 is 7.42. The number of sulfone groups is 1. The van der Waals surface area contributed by atoms with Crippen LogP contribution in [0, 0.1) is 5.92 Å². The van der Waals surface area contributed by atoms with Crippen molar-refractivity contribution in [3.8, 4) is 0 Å². The molecule has 0 bridgehead atoms. The molecule has 2 N–H and O–H groups in total. The first kappa shape index (κ1) is 19.9. The van der Waals surface area contributed by atoms with Gasteiger partial charge in [0.05, 0.1) is 20.4 Å². The van der Waals surface area contributed by atoms with Gasteiger partial charge in [-0.05, 0) is 55.0 Å². The number of hydrogen-bond acceptors (Lipinski definition) is 5. The molecule has 1 aromatic heterocycles. The molecule has 0 radical (unpaired) electrons. The Morgan fingerprint density at radius 3 is 2.59 bits per heavy atom. The van der Waals surface area contributed by atoms with E-state index >= 15 is 0 Å². The minimum absolute atomic E-state index is 0.0246. The van der Waals surface area contributed by atoms with Crippen LogP contribution in [0.5, 0.6) is 0 Å². The SMILES string of the molecule is CC1CCc2sc(C(=O)NNC(=O)c3cc(S(C)(=O)=O)ccc3Cl)cc2C1. The van der Waals surface area contributed by atoms with Crippen LogP contribution in [0.15, 0.2) is 29.2 Å². The molecule has 144 valence electrons. The molecule has 3 rings (SSSR count). The van der Waals surface area contributed by atoms with E-state index in [4.69, 9.17) is 11.6 Å². The zero-order valence-electron chi connectivity index (χ0n) is 14.8. The highest BCUT2D eigenvalue weighted by Crippen LogP contribution is 2.32. The number of aryl methyl sites for hydroxylation is 1. The van der Waals surface area contributed by atoms with Crippen molar-refractivity contribution in [3.05, 3.63) is 50.2 Å². The molecule has 1 unspecified atom stereocenters. The van der Waals surface area contributed by atoms with Crippen molar-refractivity contribution in [1.82, 2.24) is 10.9 Å². The zero-order valence-corrected chi connectivity index (χ0v) is 17.2. The van der Waals surface area contributed by atoms with Gasteiger partial charge in [-0.3, -0.25) is 20.4 Å². The summed E-state index contributed by atoms with van der Waals surface area (Å²) in [5.74, 6) is -0.494. The summed E-state index contributed by atoms with van der Waals surface area (Å²) in [5, 5.41) is 0.0923. The number of halogens is 1. The van der Waals surface area contributed by atoms with Gasteiger partial charge in [0, 0.05) is 11.1 Å². The fourth-order valence-corrected chi connectivity index (χ4v) is 4.92. The Labute approximate surface area is 166 Å². The van der Waals surface area contributed by atoms with E-state index in [1.165, 1.54) is 40.0 Å². The van der Waals surface area contributed by atoms with E-state index in [2.05, 4.69) is 17.8 Å². The Morgan fingerprint density at radius 2 is 1.89 bits per heavy atom. The van der Waals surface area contributed by atoms with Crippen molar-refractivity contribution < 1.29 is 18.0 Å². The number of carbonyl (C=O) groups excluding carboxylic acids is 2. The van der Waals surface area contributed by atoms with E-state index in [1.807, 2.05) is 6.07 Å². The van der Waals surface area contributed by atoms with Crippen LogP contribution in [0.2, 0.25) is 5.02 Å². The van der Waals surface area contributed by atoms with Crippen molar-refractivity contribution in [2.75, 3.05) is 6.26 Å². The molecule has 6 nitrogen and oxygen atoms in total. The number of thiophene rings is 1. The molecule has 2 aromatic rings. The standard InChI is InChI=1S/C18H19ClN2O4S2/c1-10-3-6-15-11(7-10)8-16(26-15)18(23)21-20-17(22)13-9-12(27(2,24)25)4-5-14(13)19/h4-5,8-10H,3,6-7H2,1-2H3,(H,20,22)(H,21,23). The zero-order chi connectivity index (χ0) is 19.8. The topological polar surface area (TPSA) is 92.3 Å². The molecule has 2 amide bonds. The molecular formula is C18H19ClN2O4S2. The third-order valence-corrected chi connectivity index (χ3v) is 7.13. The van der Waals surface area contributed by atoms with Crippen molar-refractivity contribution in [3.63, 3.8) is 0 Å². The summed E-state index contributed by atoms with van der Waals surface area (Å²) in [6, 6.07) is 5.71. The van der Waals surface area contributed by atoms with E-state index in [9.17, 15) is 18.0 Å². The molecule has 1 aromatic carbocycles. The molecule has 0 spiro atoms. The van der Waals surface area contributed by atoms with Crippen LogP contribution in [-0.4, -0.2) is 26.5 Å². The molecule has 1 heterocycles. The van der Waals surface area contributed by atoms with Crippen LogP contribution in [0.3, 0.4) is 0 Å². The first-order valence-corrected chi connectivity index (χ1v) is 11.5. The number of hydrazine groups is 1. The van der Waals surface area contributed by atoms with Gasteiger partial charge in [0.2, 0.25) is 0 Å². The average Bonchev–Trinajstić information content (AvgIpc) is 3.02. The van der Waals surface area contributed by atoms with Gasteiger partial charge in [0.1, 0.15) is 0 Å². The summed E-state index contributed by atoms with van der Waals surface area (Å²) in [6.07, 6.45) is 4.08. The Bertz CT molecular complexity index is 1010. The maximum Gasteiger partial charge on any atom is 0.279 e. The fraction of sp³-hybridized carbons (Fsp3) is 0.333. The lowest BCUT2D eigenvalue weighted by Crippen LogP contribution is -2.41. The lowest BCUT2D eigenvalue weighted by Gasteiger charge is -2.16. The highest BCUT2D eigenvalue weighted by atomic mass is 35.5. The Balaban J connectivity index is 1.70. The number of hydrogen-bond donors (Lipinski definition) is 2. The van der Waals surface area contributed by atoms with Crippen molar-refractivity contribution >= 4 is 44.6 Å². The van der Waals surface area contributed by atoms with Crippen molar-refractivity contribution in [1.29, 1.82) is 0 Å². The molecule has 0 saturated carbocycles. The normalized spacial score (nSPS) is 16.5. The Hall–Kier alpha value is -1.90.